The van der Waals surface area contributed by atoms with Crippen LogP contribution >= 0.6 is 11.3 Å². The molecule has 5 aromatic rings. The SMILES string of the molecule is Cc1cc([Si](C)(C)C)cc(C)c1-c1ccc2c(c1)C(C)(C)c1cc(C=C3C(=O)c4ccccc4C3=O)sc1N2c1ccc(C(F)(F)F)cc1. The number of halogens is 3. The fourth-order valence-electron chi connectivity index (χ4n) is 7.18. The van der Waals surface area contributed by atoms with Crippen molar-refractivity contribution in [3.8, 4) is 11.1 Å². The number of nitrogens with zero attached hydrogens (tertiary/aromatic N) is 1. The summed E-state index contributed by atoms with van der Waals surface area (Å²) in [4.78, 5) is 29.3. The van der Waals surface area contributed by atoms with Crippen molar-refractivity contribution < 1.29 is 22.8 Å². The first kappa shape index (κ1) is 33.0. The average molecular weight is 692 g/mol. The van der Waals surface area contributed by atoms with Gasteiger partial charge in [0.25, 0.3) is 0 Å². The molecule has 1 aliphatic heterocycles. The van der Waals surface area contributed by atoms with Gasteiger partial charge >= 0.3 is 6.18 Å². The Kier molecular flexibility index (Phi) is 7.57. The Balaban J connectivity index is 1.40. The molecule has 0 fully saturated rings. The van der Waals surface area contributed by atoms with Crippen LogP contribution in [0.5, 0.6) is 0 Å². The summed E-state index contributed by atoms with van der Waals surface area (Å²) in [5.74, 6) is -0.603. The van der Waals surface area contributed by atoms with E-state index in [0.717, 1.165) is 44.4 Å². The Morgan fingerprint density at radius 1 is 0.776 bits per heavy atom. The Morgan fingerprint density at radius 3 is 1.92 bits per heavy atom. The number of alkyl halides is 3. The number of fused-ring (bicyclic) bond motifs is 3. The number of allylic oxidation sites excluding steroid dienone is 1. The van der Waals surface area contributed by atoms with Crippen LogP contribution in [0.3, 0.4) is 0 Å². The van der Waals surface area contributed by atoms with Gasteiger partial charge in [-0.15, -0.1) is 11.3 Å². The number of hydrogen-bond donors (Lipinski definition) is 0. The Hall–Kier alpha value is -4.53. The predicted octanol–water partition coefficient (Wildman–Crippen LogP) is 11.2. The zero-order valence-corrected chi connectivity index (χ0v) is 30.3. The highest BCUT2D eigenvalue weighted by atomic mass is 32.1. The van der Waals surface area contributed by atoms with Gasteiger partial charge in [-0.25, -0.2) is 0 Å². The van der Waals surface area contributed by atoms with Crippen molar-refractivity contribution in [3.63, 3.8) is 0 Å². The third-order valence-corrected chi connectivity index (χ3v) is 12.9. The lowest BCUT2D eigenvalue weighted by molar-refractivity contribution is -0.137. The highest BCUT2D eigenvalue weighted by Crippen LogP contribution is 2.56. The van der Waals surface area contributed by atoms with E-state index in [2.05, 4.69) is 77.7 Å². The maximum atomic E-state index is 13.6. The van der Waals surface area contributed by atoms with Gasteiger partial charge in [-0.3, -0.25) is 9.59 Å². The molecule has 0 N–H and O–H groups in total. The zero-order valence-electron chi connectivity index (χ0n) is 28.5. The van der Waals surface area contributed by atoms with Crippen molar-refractivity contribution in [3.05, 3.63) is 134 Å². The van der Waals surface area contributed by atoms with Crippen LogP contribution in [-0.2, 0) is 11.6 Å². The van der Waals surface area contributed by atoms with Crippen molar-refractivity contribution in [2.45, 2.75) is 58.9 Å². The summed E-state index contributed by atoms with van der Waals surface area (Å²) < 4.78 is 40.8. The van der Waals surface area contributed by atoms with Gasteiger partial charge in [0.2, 0.25) is 0 Å². The molecule has 1 aromatic heterocycles. The smallest absolute Gasteiger partial charge is 0.301 e. The summed E-state index contributed by atoms with van der Waals surface area (Å²) in [6, 6.07) is 25.1. The van der Waals surface area contributed by atoms with Gasteiger partial charge in [0.05, 0.1) is 24.9 Å². The summed E-state index contributed by atoms with van der Waals surface area (Å²) in [6.45, 7) is 15.7. The minimum absolute atomic E-state index is 0.117. The van der Waals surface area contributed by atoms with E-state index in [1.165, 1.54) is 45.3 Å². The average Bonchev–Trinajstić information content (AvgIpc) is 3.56. The van der Waals surface area contributed by atoms with Crippen LogP contribution in [0.25, 0.3) is 17.2 Å². The molecule has 4 aromatic carbocycles. The number of anilines is 3. The van der Waals surface area contributed by atoms with Crippen molar-refractivity contribution >= 4 is 58.6 Å². The van der Waals surface area contributed by atoms with E-state index in [9.17, 15) is 22.8 Å². The molecule has 1 aliphatic carbocycles. The first-order valence-electron chi connectivity index (χ1n) is 16.3. The summed E-state index contributed by atoms with van der Waals surface area (Å²) in [6.07, 6.45) is -2.79. The van der Waals surface area contributed by atoms with Crippen LogP contribution < -0.4 is 10.1 Å². The first-order valence-corrected chi connectivity index (χ1v) is 20.6. The van der Waals surface area contributed by atoms with Gasteiger partial charge < -0.3 is 4.90 Å². The number of benzene rings is 4. The number of Topliss-reactive ketones (excluding diaryl/α,β-unsaturated/α-hetero) is 2. The second kappa shape index (κ2) is 11.3. The topological polar surface area (TPSA) is 37.4 Å². The molecular weight excluding hydrogens is 656 g/mol. The van der Waals surface area contributed by atoms with Gasteiger partial charge in [0, 0.05) is 27.1 Å². The van der Waals surface area contributed by atoms with Gasteiger partial charge in [-0.1, -0.05) is 81.1 Å². The lowest BCUT2D eigenvalue weighted by atomic mass is 9.74. The molecular formula is C41H36F3NO2SSi. The highest BCUT2D eigenvalue weighted by Gasteiger charge is 2.40. The number of aryl methyl sites for hydroxylation is 2. The number of carbonyl (C=O) groups is 2. The molecule has 2 heterocycles. The second-order valence-electron chi connectivity index (χ2n) is 14.6. The van der Waals surface area contributed by atoms with Gasteiger partial charge in [-0.05, 0) is 95.8 Å². The number of hydrogen-bond acceptors (Lipinski definition) is 4. The van der Waals surface area contributed by atoms with Crippen molar-refractivity contribution in [1.82, 2.24) is 0 Å². The Bertz CT molecular complexity index is 2180. The number of thiophene rings is 1. The van der Waals surface area contributed by atoms with Crippen molar-refractivity contribution in [2.24, 2.45) is 0 Å². The largest absolute Gasteiger partial charge is 0.416 e. The van der Waals surface area contributed by atoms with Crippen LogP contribution in [0, 0.1) is 13.8 Å². The molecule has 0 bridgehead atoms. The minimum Gasteiger partial charge on any atom is -0.301 e. The molecule has 7 rings (SSSR count). The predicted molar refractivity (Wildman–Crippen MR) is 197 cm³/mol. The van der Waals surface area contributed by atoms with Gasteiger partial charge in [0.1, 0.15) is 5.00 Å². The molecule has 0 amide bonds. The molecule has 0 radical (unpaired) electrons. The fourth-order valence-corrected chi connectivity index (χ4v) is 9.78. The molecule has 0 saturated heterocycles. The van der Waals surface area contributed by atoms with Crippen molar-refractivity contribution in [2.75, 3.05) is 4.90 Å². The molecule has 0 unspecified atom stereocenters. The van der Waals surface area contributed by atoms with Crippen LogP contribution in [0.15, 0.2) is 90.5 Å². The van der Waals surface area contributed by atoms with Crippen LogP contribution in [0.4, 0.5) is 29.5 Å². The van der Waals surface area contributed by atoms with E-state index in [0.29, 0.717) is 16.8 Å². The number of ketones is 2. The van der Waals surface area contributed by atoms with E-state index >= 15 is 0 Å². The summed E-state index contributed by atoms with van der Waals surface area (Å²) in [7, 11) is -1.53. The Labute approximate surface area is 289 Å². The molecule has 49 heavy (non-hydrogen) atoms. The van der Waals surface area contributed by atoms with E-state index < -0.39 is 25.2 Å². The minimum atomic E-state index is -4.46. The van der Waals surface area contributed by atoms with Crippen molar-refractivity contribution in [1.29, 1.82) is 0 Å². The normalized spacial score (nSPS) is 15.3. The summed E-state index contributed by atoms with van der Waals surface area (Å²) >= 11 is 1.42. The first-order chi connectivity index (χ1) is 23.0. The van der Waals surface area contributed by atoms with E-state index in [1.54, 1.807) is 30.3 Å². The lowest BCUT2D eigenvalue weighted by Crippen LogP contribution is -2.38. The Morgan fingerprint density at radius 2 is 1.37 bits per heavy atom. The third-order valence-electron chi connectivity index (χ3n) is 9.85. The van der Waals surface area contributed by atoms with Crippen LogP contribution in [-0.4, -0.2) is 19.6 Å². The van der Waals surface area contributed by atoms with E-state index in [-0.39, 0.29) is 17.1 Å². The molecule has 3 nitrogen and oxygen atoms in total. The number of carbonyl (C=O) groups excluding carboxylic acids is 2. The van der Waals surface area contributed by atoms with E-state index in [4.69, 9.17) is 0 Å². The zero-order chi connectivity index (χ0) is 35.2. The highest BCUT2D eigenvalue weighted by molar-refractivity contribution is 7.17. The molecule has 248 valence electrons. The van der Waals surface area contributed by atoms with E-state index in [1.807, 2.05) is 11.0 Å². The summed E-state index contributed by atoms with van der Waals surface area (Å²) in [5, 5.41) is 2.24. The van der Waals surface area contributed by atoms with Gasteiger partial charge in [0.15, 0.2) is 11.6 Å². The third kappa shape index (κ3) is 5.42. The maximum absolute atomic E-state index is 13.6. The van der Waals surface area contributed by atoms with Gasteiger partial charge in [-0.2, -0.15) is 13.2 Å². The monoisotopic (exact) mass is 691 g/mol. The molecule has 2 aliphatic rings. The fraction of sp³-hybridized carbons (Fsp3) is 0.220. The molecule has 8 heteroatoms. The quantitative estimate of drug-likeness (QED) is 0.107. The standard InChI is InChI=1S/C41H36F3NO2SSi/c1-23-18-29(49(5,6)7)19-24(2)36(23)25-12-17-35-33(20-25)40(3,4)34-22-28(21-32-37(46)30-10-8-9-11-31(30)38(32)47)48-39(34)45(35)27-15-13-26(14-16-27)41(42,43)44/h8-22H,1-7H3. The van der Waals surface area contributed by atoms with Crippen LogP contribution in [0.2, 0.25) is 19.6 Å². The maximum Gasteiger partial charge on any atom is 0.416 e. The number of rotatable bonds is 4. The summed E-state index contributed by atoms with van der Waals surface area (Å²) in [5.41, 5.74) is 7.83. The van der Waals surface area contributed by atoms with Crippen LogP contribution in [0.1, 0.15) is 67.3 Å². The second-order valence-corrected chi connectivity index (χ2v) is 20.7. The molecule has 0 saturated carbocycles. The molecule has 0 spiro atoms. The lowest BCUT2D eigenvalue weighted by Gasteiger charge is -2.40. The molecule has 0 atom stereocenters.